The van der Waals surface area contributed by atoms with Crippen molar-refractivity contribution in [3.8, 4) is 0 Å². The van der Waals surface area contributed by atoms with E-state index in [9.17, 15) is 18.0 Å². The molecule has 7 nitrogen and oxygen atoms in total. The predicted molar refractivity (Wildman–Crippen MR) is 138 cm³/mol. The van der Waals surface area contributed by atoms with Crippen molar-refractivity contribution in [1.29, 1.82) is 0 Å². The van der Waals surface area contributed by atoms with E-state index in [4.69, 9.17) is 34.8 Å². The lowest BCUT2D eigenvalue weighted by molar-refractivity contribution is -0.139. The number of carbonyl (C=O) groups is 2. The minimum Gasteiger partial charge on any atom is -0.354 e. The lowest BCUT2D eigenvalue weighted by Gasteiger charge is -2.32. The molecular weight excluding hydrogens is 521 g/mol. The maximum Gasteiger partial charge on any atom is 0.244 e. The first-order valence-corrected chi connectivity index (χ1v) is 13.5. The van der Waals surface area contributed by atoms with Crippen LogP contribution in [0.2, 0.25) is 15.1 Å². The molecular formula is C23H28Cl3N3O4S. The maximum atomic E-state index is 13.5. The normalized spacial score (nSPS) is 12.4. The van der Waals surface area contributed by atoms with Crippen molar-refractivity contribution in [2.45, 2.75) is 33.4 Å². The Kier molecular flexibility index (Phi) is 10.1. The number of anilines is 1. The van der Waals surface area contributed by atoms with Crippen molar-refractivity contribution in [3.63, 3.8) is 0 Å². The van der Waals surface area contributed by atoms with Gasteiger partial charge in [0.15, 0.2) is 0 Å². The van der Waals surface area contributed by atoms with E-state index in [0.717, 1.165) is 16.1 Å². The minimum atomic E-state index is -3.89. The van der Waals surface area contributed by atoms with Gasteiger partial charge in [-0.05, 0) is 48.7 Å². The lowest BCUT2D eigenvalue weighted by Crippen LogP contribution is -2.51. The van der Waals surface area contributed by atoms with E-state index in [1.807, 2.05) is 13.8 Å². The SMILES string of the molecule is CC(C)CNC(=O)[C@@H](C)N(Cc1ccc(Cl)cc1)C(=O)CN(c1ccc(Cl)cc1Cl)S(C)(=O)=O. The molecule has 2 rings (SSSR count). The van der Waals surface area contributed by atoms with Crippen LogP contribution < -0.4 is 9.62 Å². The number of halogens is 3. The van der Waals surface area contributed by atoms with Crippen LogP contribution in [-0.4, -0.2) is 50.5 Å². The zero-order valence-corrected chi connectivity index (χ0v) is 22.5. The van der Waals surface area contributed by atoms with Crippen molar-refractivity contribution < 1.29 is 18.0 Å². The topological polar surface area (TPSA) is 86.8 Å². The van der Waals surface area contributed by atoms with Gasteiger partial charge in [-0.15, -0.1) is 0 Å². The van der Waals surface area contributed by atoms with Gasteiger partial charge in [0.05, 0.1) is 17.0 Å². The van der Waals surface area contributed by atoms with Gasteiger partial charge in [-0.25, -0.2) is 8.42 Å². The van der Waals surface area contributed by atoms with Gasteiger partial charge in [0.2, 0.25) is 21.8 Å². The molecule has 0 spiro atoms. The van der Waals surface area contributed by atoms with Crippen molar-refractivity contribution in [1.82, 2.24) is 10.2 Å². The van der Waals surface area contributed by atoms with E-state index in [-0.39, 0.29) is 29.1 Å². The number of hydrogen-bond acceptors (Lipinski definition) is 4. The van der Waals surface area contributed by atoms with Crippen molar-refractivity contribution in [2.24, 2.45) is 5.92 Å². The molecule has 0 bridgehead atoms. The number of rotatable bonds is 10. The average Bonchev–Trinajstić information content (AvgIpc) is 2.74. The van der Waals surface area contributed by atoms with E-state index in [1.54, 1.807) is 31.2 Å². The molecule has 34 heavy (non-hydrogen) atoms. The van der Waals surface area contributed by atoms with Crippen molar-refractivity contribution in [3.05, 3.63) is 63.1 Å². The van der Waals surface area contributed by atoms with Crippen LogP contribution in [0.4, 0.5) is 5.69 Å². The molecule has 0 aliphatic heterocycles. The Balaban J connectivity index is 2.39. The second kappa shape index (κ2) is 12.1. The molecule has 0 saturated heterocycles. The third-order valence-electron chi connectivity index (χ3n) is 4.98. The third kappa shape index (κ3) is 8.05. The van der Waals surface area contributed by atoms with E-state index in [2.05, 4.69) is 5.32 Å². The fraction of sp³-hybridized carbons (Fsp3) is 0.391. The summed E-state index contributed by atoms with van der Waals surface area (Å²) in [6, 6.07) is 10.3. The Morgan fingerprint density at radius 1 is 0.971 bits per heavy atom. The van der Waals surface area contributed by atoms with Gasteiger partial charge in [0.25, 0.3) is 0 Å². The molecule has 0 aliphatic carbocycles. The third-order valence-corrected chi connectivity index (χ3v) is 6.89. The summed E-state index contributed by atoms with van der Waals surface area (Å²) in [6.45, 7) is 5.50. The summed E-state index contributed by atoms with van der Waals surface area (Å²) in [6.07, 6.45) is 0.980. The maximum absolute atomic E-state index is 13.5. The van der Waals surface area contributed by atoms with Gasteiger partial charge in [-0.2, -0.15) is 0 Å². The number of benzene rings is 2. The second-order valence-corrected chi connectivity index (χ2v) is 11.5. The summed E-state index contributed by atoms with van der Waals surface area (Å²) >= 11 is 18.1. The quantitative estimate of drug-likeness (QED) is 0.470. The van der Waals surface area contributed by atoms with Gasteiger partial charge in [0, 0.05) is 23.1 Å². The Hall–Kier alpha value is -2.00. The predicted octanol–water partition coefficient (Wildman–Crippen LogP) is 4.60. The Morgan fingerprint density at radius 3 is 2.09 bits per heavy atom. The number of nitrogens with one attached hydrogen (secondary N) is 1. The van der Waals surface area contributed by atoms with Crippen molar-refractivity contribution >= 4 is 62.3 Å². The van der Waals surface area contributed by atoms with Gasteiger partial charge >= 0.3 is 0 Å². The number of carbonyl (C=O) groups excluding carboxylic acids is 2. The summed E-state index contributed by atoms with van der Waals surface area (Å²) in [5, 5.41) is 3.76. The van der Waals surface area contributed by atoms with E-state index < -0.39 is 28.5 Å². The lowest BCUT2D eigenvalue weighted by atomic mass is 10.1. The van der Waals surface area contributed by atoms with E-state index >= 15 is 0 Å². The Labute approximate surface area is 216 Å². The van der Waals surface area contributed by atoms with Crippen LogP contribution in [0.15, 0.2) is 42.5 Å². The molecule has 0 saturated carbocycles. The van der Waals surface area contributed by atoms with Crippen LogP contribution >= 0.6 is 34.8 Å². The highest BCUT2D eigenvalue weighted by molar-refractivity contribution is 7.92. The number of hydrogen-bond donors (Lipinski definition) is 1. The van der Waals surface area contributed by atoms with Gasteiger partial charge in [-0.3, -0.25) is 13.9 Å². The molecule has 1 N–H and O–H groups in total. The summed E-state index contributed by atoms with van der Waals surface area (Å²) in [5.74, 6) is -0.686. The van der Waals surface area contributed by atoms with Crippen LogP contribution in [0.25, 0.3) is 0 Å². The molecule has 0 heterocycles. The molecule has 186 valence electrons. The first-order chi connectivity index (χ1) is 15.8. The Morgan fingerprint density at radius 2 is 1.56 bits per heavy atom. The van der Waals surface area contributed by atoms with Crippen LogP contribution in [0.1, 0.15) is 26.3 Å². The number of sulfonamides is 1. The molecule has 2 amide bonds. The van der Waals surface area contributed by atoms with Crippen LogP contribution in [-0.2, 0) is 26.2 Å². The van der Waals surface area contributed by atoms with Gasteiger partial charge in [0.1, 0.15) is 12.6 Å². The van der Waals surface area contributed by atoms with E-state index in [0.29, 0.717) is 16.6 Å². The summed E-state index contributed by atoms with van der Waals surface area (Å²) in [4.78, 5) is 27.6. The summed E-state index contributed by atoms with van der Waals surface area (Å²) < 4.78 is 26.1. The summed E-state index contributed by atoms with van der Waals surface area (Å²) in [5.41, 5.74) is 0.849. The van der Waals surface area contributed by atoms with Crippen LogP contribution in [0, 0.1) is 5.92 Å². The molecule has 0 fully saturated rings. The zero-order chi connectivity index (χ0) is 25.6. The van der Waals surface area contributed by atoms with Gasteiger partial charge < -0.3 is 10.2 Å². The van der Waals surface area contributed by atoms with E-state index in [1.165, 1.54) is 23.1 Å². The smallest absolute Gasteiger partial charge is 0.244 e. The molecule has 2 aromatic rings. The molecule has 0 radical (unpaired) electrons. The fourth-order valence-electron chi connectivity index (χ4n) is 3.10. The summed E-state index contributed by atoms with van der Waals surface area (Å²) in [7, 11) is -3.89. The molecule has 11 heteroatoms. The molecule has 0 aromatic heterocycles. The molecule has 0 unspecified atom stereocenters. The Bertz CT molecular complexity index is 1120. The molecule has 0 aliphatic rings. The first kappa shape index (κ1) is 28.2. The largest absolute Gasteiger partial charge is 0.354 e. The van der Waals surface area contributed by atoms with Crippen LogP contribution in [0.5, 0.6) is 0 Å². The fourth-order valence-corrected chi connectivity index (χ4v) is 4.65. The minimum absolute atomic E-state index is 0.0812. The molecule has 1 atom stereocenters. The number of nitrogens with zero attached hydrogens (tertiary/aromatic N) is 2. The van der Waals surface area contributed by atoms with Gasteiger partial charge in [-0.1, -0.05) is 60.8 Å². The second-order valence-electron chi connectivity index (χ2n) is 8.33. The average molecular weight is 549 g/mol. The highest BCUT2D eigenvalue weighted by atomic mass is 35.5. The zero-order valence-electron chi connectivity index (χ0n) is 19.4. The monoisotopic (exact) mass is 547 g/mol. The number of amides is 2. The highest BCUT2D eigenvalue weighted by Gasteiger charge is 2.30. The first-order valence-electron chi connectivity index (χ1n) is 10.5. The molecule has 2 aromatic carbocycles. The van der Waals surface area contributed by atoms with Crippen LogP contribution in [0.3, 0.4) is 0 Å². The highest BCUT2D eigenvalue weighted by Crippen LogP contribution is 2.30. The van der Waals surface area contributed by atoms with Crippen molar-refractivity contribution in [2.75, 3.05) is 23.7 Å². The standard InChI is InChI=1S/C23H28Cl3N3O4S/c1-15(2)12-27-23(31)16(3)28(13-17-5-7-18(24)8-6-17)22(30)14-29(34(4,32)33)21-10-9-19(25)11-20(21)26/h5-11,15-16H,12-14H2,1-4H3,(H,27,31)/t16-/m1/s1.